The number of nitrogens with zero attached hydrogens (tertiary/aromatic N) is 1. The number of rotatable bonds is 9. The van der Waals surface area contributed by atoms with Gasteiger partial charge in [0.25, 0.3) is 0 Å². The van der Waals surface area contributed by atoms with E-state index in [-0.39, 0.29) is 5.54 Å². The Morgan fingerprint density at radius 3 is 2.19 bits per heavy atom. The minimum atomic E-state index is 0.288. The third kappa shape index (κ3) is 3.60. The van der Waals surface area contributed by atoms with Gasteiger partial charge in [-0.25, -0.2) is 0 Å². The average molecular weight is 226 g/mol. The first-order valence-corrected chi connectivity index (χ1v) is 6.54. The van der Waals surface area contributed by atoms with Crippen molar-refractivity contribution >= 4 is 0 Å². The van der Waals surface area contributed by atoms with Crippen molar-refractivity contribution < 1.29 is 0 Å². The van der Waals surface area contributed by atoms with Crippen LogP contribution < -0.4 is 5.32 Å². The Morgan fingerprint density at radius 2 is 1.88 bits per heavy atom. The zero-order valence-electron chi connectivity index (χ0n) is 11.8. The molecular formula is C14H30N2. The lowest BCUT2D eigenvalue weighted by atomic mass is 9.81. The summed E-state index contributed by atoms with van der Waals surface area (Å²) < 4.78 is 0. The van der Waals surface area contributed by atoms with Gasteiger partial charge in [0.1, 0.15) is 0 Å². The van der Waals surface area contributed by atoms with Gasteiger partial charge in [-0.1, -0.05) is 19.9 Å². The fourth-order valence-electron chi connectivity index (χ4n) is 2.83. The van der Waals surface area contributed by atoms with E-state index in [0.717, 1.165) is 6.42 Å². The summed E-state index contributed by atoms with van der Waals surface area (Å²) in [4.78, 5) is 2.39. The fraction of sp³-hybridized carbons (Fsp3) is 0.857. The van der Waals surface area contributed by atoms with Gasteiger partial charge in [-0.15, -0.1) is 6.58 Å². The maximum Gasteiger partial charge on any atom is 0.0351 e. The lowest BCUT2D eigenvalue weighted by Crippen LogP contribution is -2.57. The van der Waals surface area contributed by atoms with Crippen molar-refractivity contribution in [1.29, 1.82) is 0 Å². The van der Waals surface area contributed by atoms with E-state index >= 15 is 0 Å². The van der Waals surface area contributed by atoms with Crippen LogP contribution in [0.25, 0.3) is 0 Å². The smallest absolute Gasteiger partial charge is 0.0351 e. The van der Waals surface area contributed by atoms with Gasteiger partial charge >= 0.3 is 0 Å². The Kier molecular flexibility index (Phi) is 7.69. The van der Waals surface area contributed by atoms with Crippen LogP contribution in [0.5, 0.6) is 0 Å². The number of hydrogen-bond acceptors (Lipinski definition) is 2. The van der Waals surface area contributed by atoms with Crippen LogP contribution in [0.4, 0.5) is 0 Å². The Morgan fingerprint density at radius 1 is 1.31 bits per heavy atom. The molecule has 96 valence electrons. The molecule has 16 heavy (non-hydrogen) atoms. The van der Waals surface area contributed by atoms with Crippen molar-refractivity contribution in [2.24, 2.45) is 0 Å². The quantitative estimate of drug-likeness (QED) is 0.480. The minimum Gasteiger partial charge on any atom is -0.315 e. The van der Waals surface area contributed by atoms with Crippen molar-refractivity contribution in [2.75, 3.05) is 21.1 Å². The highest BCUT2D eigenvalue weighted by atomic mass is 15.2. The SMILES string of the molecule is C=CCCCC(NC)C(CC)(CC)N(C)C. The summed E-state index contributed by atoms with van der Waals surface area (Å²) >= 11 is 0. The Bertz CT molecular complexity index is 183. The number of hydrogen-bond donors (Lipinski definition) is 1. The molecule has 0 spiro atoms. The summed E-state index contributed by atoms with van der Waals surface area (Å²) in [6.07, 6.45) is 7.97. The predicted molar refractivity (Wildman–Crippen MR) is 73.9 cm³/mol. The second kappa shape index (κ2) is 7.86. The second-order valence-electron chi connectivity index (χ2n) is 4.77. The molecule has 0 aliphatic rings. The molecule has 1 atom stereocenters. The average Bonchev–Trinajstić information content (AvgIpc) is 2.28. The van der Waals surface area contributed by atoms with E-state index in [0.29, 0.717) is 6.04 Å². The molecule has 0 saturated heterocycles. The van der Waals surface area contributed by atoms with Crippen LogP contribution in [-0.4, -0.2) is 37.6 Å². The molecular weight excluding hydrogens is 196 g/mol. The van der Waals surface area contributed by atoms with Gasteiger partial charge in [0.15, 0.2) is 0 Å². The number of allylic oxidation sites excluding steroid dienone is 1. The van der Waals surface area contributed by atoms with Gasteiger partial charge in [-0.3, -0.25) is 0 Å². The van der Waals surface area contributed by atoms with E-state index < -0.39 is 0 Å². The van der Waals surface area contributed by atoms with E-state index in [2.05, 4.69) is 51.8 Å². The second-order valence-corrected chi connectivity index (χ2v) is 4.77. The molecule has 0 radical (unpaired) electrons. The van der Waals surface area contributed by atoms with Crippen LogP contribution in [0, 0.1) is 0 Å². The first kappa shape index (κ1) is 15.7. The highest BCUT2D eigenvalue weighted by Gasteiger charge is 2.36. The van der Waals surface area contributed by atoms with E-state index in [4.69, 9.17) is 0 Å². The van der Waals surface area contributed by atoms with Crippen LogP contribution in [0.2, 0.25) is 0 Å². The summed E-state index contributed by atoms with van der Waals surface area (Å²) in [6, 6.07) is 0.567. The molecule has 1 unspecified atom stereocenters. The van der Waals surface area contributed by atoms with Crippen molar-refractivity contribution in [1.82, 2.24) is 10.2 Å². The predicted octanol–water partition coefficient (Wildman–Crippen LogP) is 3.05. The Labute approximate surface area is 102 Å². The van der Waals surface area contributed by atoms with Gasteiger partial charge < -0.3 is 10.2 Å². The zero-order valence-corrected chi connectivity index (χ0v) is 11.8. The summed E-state index contributed by atoms with van der Waals surface area (Å²) in [7, 11) is 6.48. The van der Waals surface area contributed by atoms with Crippen LogP contribution in [-0.2, 0) is 0 Å². The topological polar surface area (TPSA) is 15.3 Å². The van der Waals surface area contributed by atoms with Gasteiger partial charge in [-0.2, -0.15) is 0 Å². The molecule has 0 aliphatic carbocycles. The normalized spacial score (nSPS) is 14.1. The van der Waals surface area contributed by atoms with Gasteiger partial charge in [-0.05, 0) is 53.2 Å². The number of likely N-dealkylation sites (N-methyl/N-ethyl adjacent to an activating group) is 2. The number of nitrogens with one attached hydrogen (secondary N) is 1. The third-order valence-electron chi connectivity index (χ3n) is 4.01. The maximum absolute atomic E-state index is 3.79. The standard InChI is InChI=1S/C14H30N2/c1-7-10-11-12-13(15-4)14(8-2,9-3)16(5)6/h7,13,15H,1,8-12H2,2-6H3. The lowest BCUT2D eigenvalue weighted by Gasteiger charge is -2.45. The Balaban J connectivity index is 4.63. The molecule has 0 aromatic carbocycles. The first-order chi connectivity index (χ1) is 7.58. The maximum atomic E-state index is 3.79. The van der Waals surface area contributed by atoms with Crippen molar-refractivity contribution in [3.05, 3.63) is 12.7 Å². The Hall–Kier alpha value is -0.340. The van der Waals surface area contributed by atoms with Crippen molar-refractivity contribution in [3.8, 4) is 0 Å². The van der Waals surface area contributed by atoms with Crippen LogP contribution in [0.1, 0.15) is 46.0 Å². The molecule has 0 heterocycles. The largest absolute Gasteiger partial charge is 0.315 e. The monoisotopic (exact) mass is 226 g/mol. The molecule has 0 saturated carbocycles. The van der Waals surface area contributed by atoms with Gasteiger partial charge in [0.2, 0.25) is 0 Å². The van der Waals surface area contributed by atoms with Gasteiger partial charge in [0.05, 0.1) is 0 Å². The third-order valence-corrected chi connectivity index (χ3v) is 4.01. The van der Waals surface area contributed by atoms with Gasteiger partial charge in [0, 0.05) is 11.6 Å². The van der Waals surface area contributed by atoms with E-state index in [1.807, 2.05) is 6.08 Å². The van der Waals surface area contributed by atoms with E-state index in [1.165, 1.54) is 25.7 Å². The molecule has 2 nitrogen and oxygen atoms in total. The molecule has 0 aromatic heterocycles. The molecule has 0 aliphatic heterocycles. The molecule has 0 aromatic rings. The highest BCUT2D eigenvalue weighted by Crippen LogP contribution is 2.28. The summed E-state index contributed by atoms with van der Waals surface area (Å²) in [5.74, 6) is 0. The molecule has 0 fully saturated rings. The van der Waals surface area contributed by atoms with Crippen molar-refractivity contribution in [3.63, 3.8) is 0 Å². The lowest BCUT2D eigenvalue weighted by molar-refractivity contribution is 0.0869. The molecule has 0 bridgehead atoms. The number of unbranched alkanes of at least 4 members (excludes halogenated alkanes) is 1. The van der Waals surface area contributed by atoms with E-state index in [1.54, 1.807) is 0 Å². The summed E-state index contributed by atoms with van der Waals surface area (Å²) in [5.41, 5.74) is 0.288. The first-order valence-electron chi connectivity index (χ1n) is 6.54. The summed E-state index contributed by atoms with van der Waals surface area (Å²) in [5, 5.41) is 3.51. The molecule has 0 rings (SSSR count). The van der Waals surface area contributed by atoms with Crippen LogP contribution in [0.3, 0.4) is 0 Å². The molecule has 1 N–H and O–H groups in total. The van der Waals surface area contributed by atoms with Crippen LogP contribution in [0.15, 0.2) is 12.7 Å². The van der Waals surface area contributed by atoms with Crippen molar-refractivity contribution in [2.45, 2.75) is 57.5 Å². The minimum absolute atomic E-state index is 0.288. The molecule has 2 heteroatoms. The molecule has 0 amide bonds. The zero-order chi connectivity index (χ0) is 12.6. The highest BCUT2D eigenvalue weighted by molar-refractivity contribution is 4.96. The van der Waals surface area contributed by atoms with E-state index in [9.17, 15) is 0 Å². The van der Waals surface area contributed by atoms with Crippen LogP contribution >= 0.6 is 0 Å². The summed E-state index contributed by atoms with van der Waals surface area (Å²) in [6.45, 7) is 8.38. The fourth-order valence-corrected chi connectivity index (χ4v) is 2.83.